The fourth-order valence-electron chi connectivity index (χ4n) is 3.11. The van der Waals surface area contributed by atoms with Crippen molar-refractivity contribution >= 4 is 11.6 Å². The molecule has 1 atom stereocenters. The van der Waals surface area contributed by atoms with E-state index in [9.17, 15) is 0 Å². The number of hydrogen-bond acceptors (Lipinski definition) is 3. The van der Waals surface area contributed by atoms with Crippen LogP contribution in [-0.4, -0.2) is 39.2 Å². The van der Waals surface area contributed by atoms with Gasteiger partial charge < -0.3 is 20.3 Å². The second kappa shape index (κ2) is 8.42. The zero-order valence-electron chi connectivity index (χ0n) is 14.9. The Labute approximate surface area is 149 Å². The zero-order chi connectivity index (χ0) is 17.5. The van der Waals surface area contributed by atoms with Gasteiger partial charge in [0.15, 0.2) is 5.96 Å². The van der Waals surface area contributed by atoms with E-state index in [1.165, 1.54) is 11.3 Å². The standard InChI is InChI=1S/C20H26N4O/c1-21-20(22-14-16-7-6-10-19(13-16)25-2)23-17-11-12-24(15-17)18-8-4-3-5-9-18/h3-10,13,17H,11-12,14-15H2,1-2H3,(H2,21,22,23). The van der Waals surface area contributed by atoms with Gasteiger partial charge in [-0.15, -0.1) is 0 Å². The van der Waals surface area contributed by atoms with Gasteiger partial charge in [-0.3, -0.25) is 4.99 Å². The SMILES string of the molecule is CN=C(NCc1cccc(OC)c1)NC1CCN(c2ccccc2)C1. The van der Waals surface area contributed by atoms with Gasteiger partial charge in [0.1, 0.15) is 5.75 Å². The monoisotopic (exact) mass is 338 g/mol. The van der Waals surface area contributed by atoms with Crippen molar-refractivity contribution in [3.63, 3.8) is 0 Å². The molecule has 1 aliphatic heterocycles. The first-order valence-electron chi connectivity index (χ1n) is 8.68. The van der Waals surface area contributed by atoms with Crippen LogP contribution in [0.3, 0.4) is 0 Å². The summed E-state index contributed by atoms with van der Waals surface area (Å²) in [6.07, 6.45) is 1.11. The third-order valence-electron chi connectivity index (χ3n) is 4.47. The molecule has 1 saturated heterocycles. The van der Waals surface area contributed by atoms with Gasteiger partial charge in [-0.2, -0.15) is 0 Å². The maximum absolute atomic E-state index is 5.27. The molecule has 3 rings (SSSR count). The van der Waals surface area contributed by atoms with Crippen molar-refractivity contribution in [3.8, 4) is 5.75 Å². The third-order valence-corrected chi connectivity index (χ3v) is 4.47. The fourth-order valence-corrected chi connectivity index (χ4v) is 3.11. The van der Waals surface area contributed by atoms with E-state index in [1.807, 2.05) is 25.2 Å². The van der Waals surface area contributed by atoms with E-state index < -0.39 is 0 Å². The number of nitrogens with one attached hydrogen (secondary N) is 2. The Morgan fingerprint density at radius 3 is 2.80 bits per heavy atom. The largest absolute Gasteiger partial charge is 0.497 e. The van der Waals surface area contributed by atoms with Gasteiger partial charge in [-0.05, 0) is 36.2 Å². The highest BCUT2D eigenvalue weighted by molar-refractivity contribution is 5.80. The van der Waals surface area contributed by atoms with Crippen LogP contribution in [0, 0.1) is 0 Å². The number of aliphatic imine (C=N–C) groups is 1. The average Bonchev–Trinajstić information content (AvgIpc) is 3.14. The molecule has 0 radical (unpaired) electrons. The summed E-state index contributed by atoms with van der Waals surface area (Å²) >= 11 is 0. The second-order valence-corrected chi connectivity index (χ2v) is 6.19. The minimum absolute atomic E-state index is 0.400. The lowest BCUT2D eigenvalue weighted by Crippen LogP contribution is -2.44. The fraction of sp³-hybridized carbons (Fsp3) is 0.350. The van der Waals surface area contributed by atoms with Crippen molar-refractivity contribution in [2.45, 2.75) is 19.0 Å². The quantitative estimate of drug-likeness (QED) is 0.650. The number of ether oxygens (including phenoxy) is 1. The lowest BCUT2D eigenvalue weighted by molar-refractivity contribution is 0.414. The van der Waals surface area contributed by atoms with E-state index >= 15 is 0 Å². The van der Waals surface area contributed by atoms with Crippen LogP contribution in [-0.2, 0) is 6.54 Å². The van der Waals surface area contributed by atoms with Crippen molar-refractivity contribution in [1.29, 1.82) is 0 Å². The number of guanidine groups is 1. The van der Waals surface area contributed by atoms with Crippen LogP contribution in [0.1, 0.15) is 12.0 Å². The lowest BCUT2D eigenvalue weighted by Gasteiger charge is -2.20. The molecule has 2 aromatic carbocycles. The van der Waals surface area contributed by atoms with Gasteiger partial charge in [-0.1, -0.05) is 30.3 Å². The Morgan fingerprint density at radius 2 is 2.04 bits per heavy atom. The van der Waals surface area contributed by atoms with Crippen molar-refractivity contribution < 1.29 is 4.74 Å². The number of anilines is 1. The van der Waals surface area contributed by atoms with E-state index in [4.69, 9.17) is 4.74 Å². The molecule has 1 fully saturated rings. The van der Waals surface area contributed by atoms with E-state index in [1.54, 1.807) is 7.11 Å². The number of rotatable bonds is 5. The molecule has 2 N–H and O–H groups in total. The van der Waals surface area contributed by atoms with Crippen molar-refractivity contribution in [3.05, 3.63) is 60.2 Å². The molecule has 5 nitrogen and oxygen atoms in total. The molecule has 1 unspecified atom stereocenters. The van der Waals surface area contributed by atoms with Crippen LogP contribution in [0.4, 0.5) is 5.69 Å². The van der Waals surface area contributed by atoms with E-state index in [0.29, 0.717) is 12.6 Å². The molecule has 0 aliphatic carbocycles. The molecule has 0 aromatic heterocycles. The Bertz CT molecular complexity index is 702. The van der Waals surface area contributed by atoms with E-state index in [2.05, 4.69) is 56.9 Å². The van der Waals surface area contributed by atoms with Crippen LogP contribution >= 0.6 is 0 Å². The number of nitrogens with zero attached hydrogens (tertiary/aromatic N) is 2. The Balaban J connectivity index is 1.51. The summed E-state index contributed by atoms with van der Waals surface area (Å²) in [6.45, 7) is 2.77. The minimum atomic E-state index is 0.400. The van der Waals surface area contributed by atoms with Crippen molar-refractivity contribution in [2.75, 3.05) is 32.1 Å². The van der Waals surface area contributed by atoms with E-state index in [0.717, 1.165) is 31.2 Å². The zero-order valence-corrected chi connectivity index (χ0v) is 14.9. The molecule has 0 spiro atoms. The van der Waals surface area contributed by atoms with E-state index in [-0.39, 0.29) is 0 Å². The molecule has 0 bridgehead atoms. The van der Waals surface area contributed by atoms with Gasteiger partial charge in [0, 0.05) is 38.4 Å². The topological polar surface area (TPSA) is 48.9 Å². The van der Waals surface area contributed by atoms with Gasteiger partial charge >= 0.3 is 0 Å². The first kappa shape index (κ1) is 17.1. The highest BCUT2D eigenvalue weighted by Gasteiger charge is 2.23. The summed E-state index contributed by atoms with van der Waals surface area (Å²) in [5.74, 6) is 1.71. The second-order valence-electron chi connectivity index (χ2n) is 6.19. The molecule has 0 amide bonds. The van der Waals surface area contributed by atoms with Crippen LogP contribution in [0.25, 0.3) is 0 Å². The van der Waals surface area contributed by atoms with Gasteiger partial charge in [0.05, 0.1) is 7.11 Å². The van der Waals surface area contributed by atoms with Crippen molar-refractivity contribution in [1.82, 2.24) is 10.6 Å². The predicted molar refractivity (Wildman–Crippen MR) is 103 cm³/mol. The number of methoxy groups -OCH3 is 1. The molecule has 5 heteroatoms. The molecule has 1 aliphatic rings. The minimum Gasteiger partial charge on any atom is -0.497 e. The first-order valence-corrected chi connectivity index (χ1v) is 8.68. The van der Waals surface area contributed by atoms with Gasteiger partial charge in [-0.25, -0.2) is 0 Å². The third kappa shape index (κ3) is 4.66. The normalized spacial score (nSPS) is 17.4. The number of para-hydroxylation sites is 1. The molecular formula is C20H26N4O. The number of hydrogen-bond donors (Lipinski definition) is 2. The Kier molecular flexibility index (Phi) is 5.77. The Morgan fingerprint density at radius 1 is 1.20 bits per heavy atom. The molecular weight excluding hydrogens is 312 g/mol. The summed E-state index contributed by atoms with van der Waals surface area (Å²) < 4.78 is 5.27. The number of benzene rings is 2. The van der Waals surface area contributed by atoms with Crippen molar-refractivity contribution in [2.24, 2.45) is 4.99 Å². The van der Waals surface area contributed by atoms with Crippen LogP contribution in [0.2, 0.25) is 0 Å². The van der Waals surface area contributed by atoms with Crippen LogP contribution in [0.15, 0.2) is 59.6 Å². The average molecular weight is 338 g/mol. The highest BCUT2D eigenvalue weighted by Crippen LogP contribution is 2.19. The highest BCUT2D eigenvalue weighted by atomic mass is 16.5. The maximum atomic E-state index is 5.27. The predicted octanol–water partition coefficient (Wildman–Crippen LogP) is 2.64. The molecule has 2 aromatic rings. The summed E-state index contributed by atoms with van der Waals surface area (Å²) in [7, 11) is 3.50. The molecule has 25 heavy (non-hydrogen) atoms. The van der Waals surface area contributed by atoms with Crippen LogP contribution in [0.5, 0.6) is 5.75 Å². The van der Waals surface area contributed by atoms with Crippen LogP contribution < -0.4 is 20.3 Å². The Hall–Kier alpha value is -2.69. The molecule has 132 valence electrons. The smallest absolute Gasteiger partial charge is 0.191 e. The summed E-state index contributed by atoms with van der Waals surface area (Å²) in [6, 6.07) is 19.0. The maximum Gasteiger partial charge on any atom is 0.191 e. The van der Waals surface area contributed by atoms with Gasteiger partial charge in [0.2, 0.25) is 0 Å². The summed E-state index contributed by atoms with van der Waals surface area (Å²) in [4.78, 5) is 6.76. The lowest BCUT2D eigenvalue weighted by atomic mass is 10.2. The summed E-state index contributed by atoms with van der Waals surface area (Å²) in [5, 5.41) is 6.91. The summed E-state index contributed by atoms with van der Waals surface area (Å²) in [5.41, 5.74) is 2.45. The first-order chi connectivity index (χ1) is 12.3. The molecule has 0 saturated carbocycles. The van der Waals surface area contributed by atoms with Gasteiger partial charge in [0.25, 0.3) is 0 Å². The molecule has 1 heterocycles.